The number of carbonyl (C=O) groups excluding carboxylic acids is 2. The Morgan fingerprint density at radius 2 is 0.675 bits per heavy atom. The first kappa shape index (κ1) is 39.1. The SMILES string of the molecule is CCCCCCCCCCCCCCCCCC(=O)OC(=O)CCCCCCCCCCC(O)CCCCCC. The number of aliphatic hydroxyl groups is 1. The standard InChI is InChI=1S/C36H70O4/c1-3-5-7-9-10-11-12-13-14-15-16-17-21-24-28-32-35(38)40-36(39)33-29-25-22-19-18-20-23-27-31-34(37)30-26-8-6-4-2/h34,37H,3-33H2,1-2H3. The summed E-state index contributed by atoms with van der Waals surface area (Å²) in [7, 11) is 0. The Labute approximate surface area is 250 Å². The second kappa shape index (κ2) is 32.6. The lowest BCUT2D eigenvalue weighted by atomic mass is 10.0. The van der Waals surface area contributed by atoms with Crippen LogP contribution in [0.4, 0.5) is 0 Å². The second-order valence-electron chi connectivity index (χ2n) is 12.4. The van der Waals surface area contributed by atoms with Crippen LogP contribution in [0.2, 0.25) is 0 Å². The molecule has 0 rings (SSSR count). The normalized spacial score (nSPS) is 12.1. The summed E-state index contributed by atoms with van der Waals surface area (Å²) in [5.74, 6) is -0.690. The van der Waals surface area contributed by atoms with E-state index >= 15 is 0 Å². The van der Waals surface area contributed by atoms with Gasteiger partial charge in [0.05, 0.1) is 6.10 Å². The van der Waals surface area contributed by atoms with Crippen molar-refractivity contribution < 1.29 is 19.4 Å². The highest BCUT2D eigenvalue weighted by Crippen LogP contribution is 2.16. The van der Waals surface area contributed by atoms with Gasteiger partial charge in [-0.15, -0.1) is 0 Å². The van der Waals surface area contributed by atoms with E-state index < -0.39 is 0 Å². The van der Waals surface area contributed by atoms with Gasteiger partial charge in [-0.1, -0.05) is 174 Å². The molecule has 0 aromatic carbocycles. The molecule has 0 spiro atoms. The van der Waals surface area contributed by atoms with Crippen LogP contribution in [0.3, 0.4) is 0 Å². The molecule has 0 fully saturated rings. The van der Waals surface area contributed by atoms with E-state index in [0.717, 1.165) is 57.8 Å². The molecule has 0 aromatic rings. The summed E-state index contributed by atoms with van der Waals surface area (Å²) < 4.78 is 5.00. The molecule has 0 aromatic heterocycles. The lowest BCUT2D eigenvalue weighted by Gasteiger charge is -2.10. The maximum absolute atomic E-state index is 11.9. The molecule has 0 saturated carbocycles. The third-order valence-electron chi connectivity index (χ3n) is 8.27. The van der Waals surface area contributed by atoms with E-state index in [9.17, 15) is 14.7 Å². The first-order valence-corrected chi connectivity index (χ1v) is 18.0. The highest BCUT2D eigenvalue weighted by atomic mass is 16.6. The average Bonchev–Trinajstić information content (AvgIpc) is 2.94. The number of ether oxygens (including phenoxy) is 1. The molecule has 0 saturated heterocycles. The largest absolute Gasteiger partial charge is 0.393 e. The molecule has 0 heterocycles. The highest BCUT2D eigenvalue weighted by molar-refractivity contribution is 5.85. The fraction of sp³-hybridized carbons (Fsp3) is 0.944. The molecular formula is C36H70O4. The number of carbonyl (C=O) groups is 2. The van der Waals surface area contributed by atoms with Gasteiger partial charge in [0.15, 0.2) is 0 Å². The van der Waals surface area contributed by atoms with E-state index in [1.807, 2.05) is 0 Å². The molecule has 0 aliphatic heterocycles. The maximum Gasteiger partial charge on any atom is 0.313 e. The fourth-order valence-electron chi connectivity index (χ4n) is 5.53. The molecule has 40 heavy (non-hydrogen) atoms. The van der Waals surface area contributed by atoms with Crippen molar-refractivity contribution in [2.24, 2.45) is 0 Å². The minimum Gasteiger partial charge on any atom is -0.393 e. The number of rotatable bonds is 32. The summed E-state index contributed by atoms with van der Waals surface area (Å²) in [6.45, 7) is 4.49. The van der Waals surface area contributed by atoms with Gasteiger partial charge in [-0.2, -0.15) is 0 Å². The van der Waals surface area contributed by atoms with Crippen LogP contribution in [-0.4, -0.2) is 23.1 Å². The summed E-state index contributed by atoms with van der Waals surface area (Å²) in [4.78, 5) is 23.8. The van der Waals surface area contributed by atoms with Crippen molar-refractivity contribution in [3.05, 3.63) is 0 Å². The van der Waals surface area contributed by atoms with Gasteiger partial charge in [-0.05, 0) is 25.7 Å². The molecule has 0 aliphatic carbocycles. The van der Waals surface area contributed by atoms with Gasteiger partial charge in [0.1, 0.15) is 0 Å². The van der Waals surface area contributed by atoms with Crippen molar-refractivity contribution >= 4 is 11.9 Å². The first-order chi connectivity index (χ1) is 19.6. The third-order valence-corrected chi connectivity index (χ3v) is 8.27. The summed E-state index contributed by atoms with van der Waals surface area (Å²) in [5, 5.41) is 10.0. The van der Waals surface area contributed by atoms with Crippen molar-refractivity contribution in [3.63, 3.8) is 0 Å². The zero-order valence-electron chi connectivity index (χ0n) is 27.2. The predicted molar refractivity (Wildman–Crippen MR) is 172 cm³/mol. The quantitative estimate of drug-likeness (QED) is 0.0499. The molecule has 0 amide bonds. The Balaban J connectivity index is 3.33. The van der Waals surface area contributed by atoms with Crippen LogP contribution in [0.1, 0.15) is 213 Å². The van der Waals surface area contributed by atoms with E-state index in [2.05, 4.69) is 13.8 Å². The smallest absolute Gasteiger partial charge is 0.313 e. The molecular weight excluding hydrogens is 496 g/mol. The molecule has 1 N–H and O–H groups in total. The second-order valence-corrected chi connectivity index (χ2v) is 12.4. The van der Waals surface area contributed by atoms with Crippen LogP contribution in [0.15, 0.2) is 0 Å². The average molecular weight is 567 g/mol. The summed E-state index contributed by atoms with van der Waals surface area (Å²) in [5.41, 5.74) is 0. The van der Waals surface area contributed by atoms with E-state index in [0.29, 0.717) is 12.8 Å². The Kier molecular flexibility index (Phi) is 31.9. The monoisotopic (exact) mass is 567 g/mol. The van der Waals surface area contributed by atoms with Crippen molar-refractivity contribution in [3.8, 4) is 0 Å². The van der Waals surface area contributed by atoms with E-state index in [4.69, 9.17) is 4.74 Å². The molecule has 1 unspecified atom stereocenters. The number of unbranched alkanes of at least 4 members (excludes halogenated alkanes) is 24. The minimum atomic E-state index is -0.348. The van der Waals surface area contributed by atoms with Crippen molar-refractivity contribution in [2.75, 3.05) is 0 Å². The molecule has 0 bridgehead atoms. The lowest BCUT2D eigenvalue weighted by Crippen LogP contribution is -2.11. The lowest BCUT2D eigenvalue weighted by molar-refractivity contribution is -0.159. The van der Waals surface area contributed by atoms with Crippen LogP contribution >= 0.6 is 0 Å². The van der Waals surface area contributed by atoms with E-state index in [1.54, 1.807) is 0 Å². The molecule has 238 valence electrons. The zero-order valence-corrected chi connectivity index (χ0v) is 27.2. The molecule has 4 heteroatoms. The van der Waals surface area contributed by atoms with Gasteiger partial charge in [-0.3, -0.25) is 9.59 Å². The predicted octanol–water partition coefficient (Wildman–Crippen LogP) is 11.5. The van der Waals surface area contributed by atoms with Gasteiger partial charge >= 0.3 is 11.9 Å². The molecule has 1 atom stereocenters. The van der Waals surface area contributed by atoms with E-state index in [1.165, 1.54) is 128 Å². The zero-order chi connectivity index (χ0) is 29.4. The van der Waals surface area contributed by atoms with Crippen LogP contribution in [0.25, 0.3) is 0 Å². The molecule has 4 nitrogen and oxygen atoms in total. The number of esters is 2. The van der Waals surface area contributed by atoms with Gasteiger partial charge in [0.25, 0.3) is 0 Å². The van der Waals surface area contributed by atoms with Gasteiger partial charge < -0.3 is 9.84 Å². The number of aliphatic hydroxyl groups excluding tert-OH is 1. The first-order valence-electron chi connectivity index (χ1n) is 18.0. The number of hydrogen-bond acceptors (Lipinski definition) is 4. The minimum absolute atomic E-state index is 0.104. The highest BCUT2D eigenvalue weighted by Gasteiger charge is 2.10. The van der Waals surface area contributed by atoms with Crippen molar-refractivity contribution in [1.82, 2.24) is 0 Å². The topological polar surface area (TPSA) is 63.6 Å². The maximum atomic E-state index is 11.9. The van der Waals surface area contributed by atoms with Crippen molar-refractivity contribution in [1.29, 1.82) is 0 Å². The Hall–Kier alpha value is -0.900. The fourth-order valence-corrected chi connectivity index (χ4v) is 5.53. The van der Waals surface area contributed by atoms with E-state index in [-0.39, 0.29) is 18.0 Å². The Bertz CT molecular complexity index is 533. The summed E-state index contributed by atoms with van der Waals surface area (Å²) in [6, 6.07) is 0. The summed E-state index contributed by atoms with van der Waals surface area (Å²) >= 11 is 0. The van der Waals surface area contributed by atoms with Crippen LogP contribution < -0.4 is 0 Å². The third kappa shape index (κ3) is 31.6. The molecule has 0 aliphatic rings. The van der Waals surface area contributed by atoms with Gasteiger partial charge in [-0.25, -0.2) is 0 Å². The Morgan fingerprint density at radius 1 is 0.425 bits per heavy atom. The Morgan fingerprint density at radius 3 is 1.00 bits per heavy atom. The number of hydrogen-bond donors (Lipinski definition) is 1. The summed E-state index contributed by atoms with van der Waals surface area (Å²) in [6.07, 6.45) is 36.0. The van der Waals surface area contributed by atoms with Crippen molar-refractivity contribution in [2.45, 2.75) is 219 Å². The molecule has 0 radical (unpaired) electrons. The van der Waals surface area contributed by atoms with Crippen LogP contribution in [0.5, 0.6) is 0 Å². The van der Waals surface area contributed by atoms with Crippen LogP contribution in [0, 0.1) is 0 Å². The van der Waals surface area contributed by atoms with Gasteiger partial charge in [0.2, 0.25) is 0 Å². The van der Waals surface area contributed by atoms with Gasteiger partial charge in [0, 0.05) is 12.8 Å². The van der Waals surface area contributed by atoms with Crippen LogP contribution in [-0.2, 0) is 14.3 Å².